The molecule has 0 saturated heterocycles. The molecule has 0 bridgehead atoms. The number of rotatable bonds is 9. The van der Waals surface area contributed by atoms with Gasteiger partial charge in [0.1, 0.15) is 0 Å². The van der Waals surface area contributed by atoms with E-state index in [2.05, 4.69) is 11.4 Å². The first-order chi connectivity index (χ1) is 13.5. The van der Waals surface area contributed by atoms with E-state index in [-0.39, 0.29) is 13.0 Å². The normalized spacial score (nSPS) is 9.89. The van der Waals surface area contributed by atoms with Crippen molar-refractivity contribution >= 4 is 17.6 Å². The van der Waals surface area contributed by atoms with Crippen molar-refractivity contribution in [3.05, 3.63) is 53.6 Å². The van der Waals surface area contributed by atoms with Crippen LogP contribution in [0.1, 0.15) is 17.5 Å². The van der Waals surface area contributed by atoms with Gasteiger partial charge in [0, 0.05) is 12.1 Å². The molecule has 7 heteroatoms. The van der Waals surface area contributed by atoms with Crippen molar-refractivity contribution in [2.75, 3.05) is 26.1 Å². The highest BCUT2D eigenvalue weighted by Crippen LogP contribution is 2.27. The Morgan fingerprint density at radius 3 is 2.32 bits per heavy atom. The maximum absolute atomic E-state index is 11.9. The number of nitrogens with zero attached hydrogens (tertiary/aromatic N) is 1. The van der Waals surface area contributed by atoms with Gasteiger partial charge in [-0.3, -0.25) is 9.59 Å². The minimum absolute atomic E-state index is 0.144. The molecule has 1 amide bonds. The summed E-state index contributed by atoms with van der Waals surface area (Å²) < 4.78 is 15.4. The number of amides is 1. The van der Waals surface area contributed by atoms with E-state index in [4.69, 9.17) is 19.5 Å². The smallest absolute Gasteiger partial charge is 0.306 e. The van der Waals surface area contributed by atoms with Gasteiger partial charge in [0.15, 0.2) is 18.1 Å². The van der Waals surface area contributed by atoms with Gasteiger partial charge in [0.25, 0.3) is 5.91 Å². The van der Waals surface area contributed by atoms with Gasteiger partial charge < -0.3 is 19.5 Å². The molecule has 2 rings (SSSR count). The van der Waals surface area contributed by atoms with Gasteiger partial charge in [-0.2, -0.15) is 5.26 Å². The van der Waals surface area contributed by atoms with E-state index in [1.165, 1.54) is 0 Å². The molecule has 0 aliphatic heterocycles. The van der Waals surface area contributed by atoms with Crippen LogP contribution in [0.3, 0.4) is 0 Å². The SMILES string of the molecule is COc1ccc(CCC(=O)OCC(=O)Nc2ccc(CC#N)cc2)cc1OC. The first-order valence-electron chi connectivity index (χ1n) is 8.68. The Morgan fingerprint density at radius 2 is 1.68 bits per heavy atom. The van der Waals surface area contributed by atoms with Gasteiger partial charge in [-0.05, 0) is 41.8 Å². The number of carbonyl (C=O) groups is 2. The van der Waals surface area contributed by atoms with Crippen LogP contribution in [0.15, 0.2) is 42.5 Å². The number of nitriles is 1. The zero-order valence-electron chi connectivity index (χ0n) is 15.9. The average Bonchev–Trinajstić information content (AvgIpc) is 2.72. The van der Waals surface area contributed by atoms with E-state index in [0.29, 0.717) is 30.0 Å². The molecule has 2 aromatic carbocycles. The zero-order chi connectivity index (χ0) is 20.4. The molecule has 0 spiro atoms. The third kappa shape index (κ3) is 6.32. The summed E-state index contributed by atoms with van der Waals surface area (Å²) in [5.41, 5.74) is 2.34. The molecule has 0 aliphatic rings. The van der Waals surface area contributed by atoms with Gasteiger partial charge in [-0.25, -0.2) is 0 Å². The summed E-state index contributed by atoms with van der Waals surface area (Å²) in [6.45, 7) is -0.356. The molecule has 146 valence electrons. The highest BCUT2D eigenvalue weighted by molar-refractivity contribution is 5.92. The largest absolute Gasteiger partial charge is 0.493 e. The Balaban J connectivity index is 1.76. The molecule has 0 fully saturated rings. The maximum atomic E-state index is 11.9. The zero-order valence-corrected chi connectivity index (χ0v) is 15.9. The Hall–Kier alpha value is -3.53. The third-order valence-corrected chi connectivity index (χ3v) is 3.95. The van der Waals surface area contributed by atoms with Gasteiger partial charge in [0.05, 0.1) is 26.7 Å². The van der Waals surface area contributed by atoms with E-state index in [1.54, 1.807) is 50.6 Å². The number of aryl methyl sites for hydroxylation is 1. The Kier molecular flexibility index (Phi) is 7.85. The van der Waals surface area contributed by atoms with Gasteiger partial charge >= 0.3 is 5.97 Å². The standard InChI is InChI=1S/C21H22N2O5/c1-26-18-9-5-16(13-19(18)27-2)6-10-21(25)28-14-20(24)23-17-7-3-15(4-8-17)11-12-22/h3-5,7-9,13H,6,10-11,14H2,1-2H3,(H,23,24). The molecule has 0 saturated carbocycles. The summed E-state index contributed by atoms with van der Waals surface area (Å²) in [7, 11) is 3.10. The quantitative estimate of drug-likeness (QED) is 0.670. The molecule has 0 aromatic heterocycles. The molecule has 0 atom stereocenters. The first kappa shape index (κ1) is 20.8. The third-order valence-electron chi connectivity index (χ3n) is 3.95. The van der Waals surface area contributed by atoms with E-state index < -0.39 is 11.9 Å². The molecule has 7 nitrogen and oxygen atoms in total. The molecule has 0 heterocycles. The molecular weight excluding hydrogens is 360 g/mol. The topological polar surface area (TPSA) is 97.6 Å². The van der Waals surface area contributed by atoms with Crippen molar-refractivity contribution in [3.8, 4) is 17.6 Å². The number of hydrogen-bond acceptors (Lipinski definition) is 6. The van der Waals surface area contributed by atoms with Crippen molar-refractivity contribution < 1.29 is 23.8 Å². The fourth-order valence-corrected chi connectivity index (χ4v) is 2.50. The minimum atomic E-state index is -0.464. The van der Waals surface area contributed by atoms with Crippen molar-refractivity contribution in [1.29, 1.82) is 5.26 Å². The second kappa shape index (κ2) is 10.6. The number of carbonyl (C=O) groups excluding carboxylic acids is 2. The minimum Gasteiger partial charge on any atom is -0.493 e. The van der Waals surface area contributed by atoms with Crippen molar-refractivity contribution in [2.45, 2.75) is 19.3 Å². The lowest BCUT2D eigenvalue weighted by Gasteiger charge is -2.10. The van der Waals surface area contributed by atoms with E-state index >= 15 is 0 Å². The second-order valence-corrected chi connectivity index (χ2v) is 5.93. The lowest BCUT2D eigenvalue weighted by molar-refractivity contribution is -0.147. The summed E-state index contributed by atoms with van der Waals surface area (Å²) in [5, 5.41) is 11.3. The number of nitrogens with one attached hydrogen (secondary N) is 1. The Morgan fingerprint density at radius 1 is 1.00 bits per heavy atom. The predicted molar refractivity (Wildman–Crippen MR) is 103 cm³/mol. The monoisotopic (exact) mass is 382 g/mol. The van der Waals surface area contributed by atoms with Gasteiger partial charge in [-0.1, -0.05) is 18.2 Å². The van der Waals surface area contributed by atoms with Gasteiger partial charge in [0.2, 0.25) is 0 Å². The maximum Gasteiger partial charge on any atom is 0.306 e. The van der Waals surface area contributed by atoms with E-state index in [0.717, 1.165) is 11.1 Å². The van der Waals surface area contributed by atoms with Gasteiger partial charge in [-0.15, -0.1) is 0 Å². The molecule has 0 aliphatic carbocycles. The summed E-state index contributed by atoms with van der Waals surface area (Å²) in [6.07, 6.45) is 0.915. The van der Waals surface area contributed by atoms with Crippen LogP contribution in [0.4, 0.5) is 5.69 Å². The van der Waals surface area contributed by atoms with E-state index in [1.807, 2.05) is 6.07 Å². The molecule has 1 N–H and O–H groups in total. The van der Waals surface area contributed by atoms with Crippen LogP contribution in [0.5, 0.6) is 11.5 Å². The second-order valence-electron chi connectivity index (χ2n) is 5.93. The van der Waals surface area contributed by atoms with E-state index in [9.17, 15) is 9.59 Å². The van der Waals surface area contributed by atoms with Crippen LogP contribution in [-0.4, -0.2) is 32.7 Å². The average molecular weight is 382 g/mol. The van der Waals surface area contributed by atoms with Crippen LogP contribution in [-0.2, 0) is 27.2 Å². The number of benzene rings is 2. The van der Waals surface area contributed by atoms with Crippen molar-refractivity contribution in [3.63, 3.8) is 0 Å². The summed E-state index contributed by atoms with van der Waals surface area (Å²) in [6, 6.07) is 14.4. The number of ether oxygens (including phenoxy) is 3. The summed E-state index contributed by atoms with van der Waals surface area (Å²) in [4.78, 5) is 23.8. The number of anilines is 1. The number of esters is 1. The fourth-order valence-electron chi connectivity index (χ4n) is 2.50. The van der Waals surface area contributed by atoms with Crippen LogP contribution in [0.25, 0.3) is 0 Å². The highest BCUT2D eigenvalue weighted by atomic mass is 16.5. The van der Waals surface area contributed by atoms with Crippen LogP contribution in [0, 0.1) is 11.3 Å². The molecule has 28 heavy (non-hydrogen) atoms. The fraction of sp³-hybridized carbons (Fsp3) is 0.286. The lowest BCUT2D eigenvalue weighted by atomic mass is 10.1. The molecule has 0 radical (unpaired) electrons. The number of hydrogen-bond donors (Lipinski definition) is 1. The molecule has 2 aromatic rings. The molecular formula is C21H22N2O5. The highest BCUT2D eigenvalue weighted by Gasteiger charge is 2.10. The summed E-state index contributed by atoms with van der Waals surface area (Å²) >= 11 is 0. The van der Waals surface area contributed by atoms with Crippen LogP contribution in [0.2, 0.25) is 0 Å². The molecule has 0 unspecified atom stereocenters. The van der Waals surface area contributed by atoms with Crippen molar-refractivity contribution in [1.82, 2.24) is 0 Å². The van der Waals surface area contributed by atoms with Crippen LogP contribution >= 0.6 is 0 Å². The predicted octanol–water partition coefficient (Wildman–Crippen LogP) is 2.88. The first-order valence-corrected chi connectivity index (χ1v) is 8.68. The Bertz CT molecular complexity index is 856. The lowest BCUT2D eigenvalue weighted by Crippen LogP contribution is -2.21. The van der Waals surface area contributed by atoms with Crippen LogP contribution < -0.4 is 14.8 Å². The Labute approximate surface area is 163 Å². The number of methoxy groups -OCH3 is 2. The summed E-state index contributed by atoms with van der Waals surface area (Å²) in [5.74, 6) is 0.321. The van der Waals surface area contributed by atoms with Crippen molar-refractivity contribution in [2.24, 2.45) is 0 Å².